The van der Waals surface area contributed by atoms with Crippen LogP contribution in [-0.2, 0) is 5.41 Å². The van der Waals surface area contributed by atoms with Gasteiger partial charge in [-0.05, 0) is 42.5 Å². The Morgan fingerprint density at radius 1 is 0.944 bits per heavy atom. The van der Waals surface area contributed by atoms with Crippen molar-refractivity contribution in [3.05, 3.63) is 29.8 Å². The van der Waals surface area contributed by atoms with Gasteiger partial charge in [-0.15, -0.1) is 0 Å². The van der Waals surface area contributed by atoms with E-state index in [4.69, 9.17) is 5.73 Å². The van der Waals surface area contributed by atoms with E-state index in [1.165, 1.54) is 30.5 Å². The van der Waals surface area contributed by atoms with E-state index >= 15 is 0 Å². The van der Waals surface area contributed by atoms with Gasteiger partial charge in [0.25, 0.3) is 0 Å². The maximum absolute atomic E-state index is 5.47. The fourth-order valence-corrected chi connectivity index (χ4v) is 1.94. The summed E-state index contributed by atoms with van der Waals surface area (Å²) in [5, 5.41) is 3.47. The van der Waals surface area contributed by atoms with Crippen LogP contribution in [0, 0.1) is 0 Å². The van der Waals surface area contributed by atoms with Gasteiger partial charge in [0.15, 0.2) is 0 Å². The van der Waals surface area contributed by atoms with Gasteiger partial charge < -0.3 is 11.1 Å². The predicted molar refractivity (Wildman–Crippen MR) is 81.2 cm³/mol. The summed E-state index contributed by atoms with van der Waals surface area (Å²) in [4.78, 5) is 0. The molecule has 0 spiro atoms. The average molecular weight is 248 g/mol. The summed E-state index contributed by atoms with van der Waals surface area (Å²) in [6.07, 6.45) is 4.90. The molecule has 2 nitrogen and oxygen atoms in total. The van der Waals surface area contributed by atoms with E-state index in [0.717, 1.165) is 19.5 Å². The van der Waals surface area contributed by atoms with Crippen molar-refractivity contribution in [2.24, 2.45) is 5.73 Å². The van der Waals surface area contributed by atoms with Crippen molar-refractivity contribution in [2.75, 3.05) is 18.4 Å². The lowest BCUT2D eigenvalue weighted by atomic mass is 9.87. The van der Waals surface area contributed by atoms with Crippen LogP contribution in [0.1, 0.15) is 52.0 Å². The van der Waals surface area contributed by atoms with E-state index in [1.54, 1.807) is 0 Å². The molecule has 0 amide bonds. The first-order valence-electron chi connectivity index (χ1n) is 7.08. The fraction of sp³-hybridized carbons (Fsp3) is 0.625. The molecule has 0 bridgehead atoms. The minimum atomic E-state index is 0.237. The minimum absolute atomic E-state index is 0.237. The highest BCUT2D eigenvalue weighted by molar-refractivity contribution is 5.45. The van der Waals surface area contributed by atoms with Crippen LogP contribution in [0.5, 0.6) is 0 Å². The molecule has 0 radical (unpaired) electrons. The summed E-state index contributed by atoms with van der Waals surface area (Å²) >= 11 is 0. The largest absolute Gasteiger partial charge is 0.385 e. The summed E-state index contributed by atoms with van der Waals surface area (Å²) in [5.74, 6) is 0. The first kappa shape index (κ1) is 15.0. The Morgan fingerprint density at radius 3 is 2.11 bits per heavy atom. The molecular formula is C16H28N2. The van der Waals surface area contributed by atoms with Crippen LogP contribution in [-0.4, -0.2) is 13.1 Å². The minimum Gasteiger partial charge on any atom is -0.385 e. The Kier molecular flexibility index (Phi) is 6.20. The number of hydrogen-bond acceptors (Lipinski definition) is 2. The molecule has 0 aliphatic carbocycles. The highest BCUT2D eigenvalue weighted by Gasteiger charge is 2.12. The maximum atomic E-state index is 5.47. The van der Waals surface area contributed by atoms with Gasteiger partial charge in [-0.3, -0.25) is 0 Å². The molecule has 0 aliphatic heterocycles. The lowest BCUT2D eigenvalue weighted by Gasteiger charge is -2.19. The topological polar surface area (TPSA) is 38.0 Å². The quantitative estimate of drug-likeness (QED) is 0.718. The standard InChI is InChI=1S/C16H28N2/c1-16(2,3)14-8-10-15(11-9-14)18-13-7-5-4-6-12-17/h8-11,18H,4-7,12-13,17H2,1-3H3. The molecule has 0 fully saturated rings. The van der Waals surface area contributed by atoms with Gasteiger partial charge in [0, 0.05) is 12.2 Å². The summed E-state index contributed by atoms with van der Waals surface area (Å²) in [6.45, 7) is 8.60. The Labute approximate surface area is 112 Å². The molecule has 1 aromatic rings. The lowest BCUT2D eigenvalue weighted by molar-refractivity contribution is 0.590. The SMILES string of the molecule is CC(C)(C)c1ccc(NCCCCCCN)cc1. The zero-order valence-corrected chi connectivity index (χ0v) is 12.1. The van der Waals surface area contributed by atoms with Crippen molar-refractivity contribution in [3.8, 4) is 0 Å². The number of hydrogen-bond donors (Lipinski definition) is 2. The molecule has 1 aromatic carbocycles. The van der Waals surface area contributed by atoms with E-state index in [9.17, 15) is 0 Å². The maximum Gasteiger partial charge on any atom is 0.0340 e. The van der Waals surface area contributed by atoms with Gasteiger partial charge in [0.2, 0.25) is 0 Å². The van der Waals surface area contributed by atoms with Gasteiger partial charge in [0.05, 0.1) is 0 Å². The van der Waals surface area contributed by atoms with E-state index in [-0.39, 0.29) is 5.41 Å². The van der Waals surface area contributed by atoms with Crippen LogP contribution in [0.2, 0.25) is 0 Å². The van der Waals surface area contributed by atoms with E-state index in [0.29, 0.717) is 0 Å². The number of rotatable bonds is 7. The first-order chi connectivity index (χ1) is 8.54. The van der Waals surface area contributed by atoms with E-state index in [2.05, 4.69) is 50.4 Å². The molecule has 0 heterocycles. The fourth-order valence-electron chi connectivity index (χ4n) is 1.94. The number of unbranched alkanes of at least 4 members (excludes halogenated alkanes) is 3. The molecule has 0 saturated heterocycles. The Morgan fingerprint density at radius 2 is 1.56 bits per heavy atom. The van der Waals surface area contributed by atoms with Crippen LogP contribution in [0.25, 0.3) is 0 Å². The molecule has 2 heteroatoms. The highest BCUT2D eigenvalue weighted by Crippen LogP contribution is 2.23. The molecule has 1 rings (SSSR count). The summed E-state index contributed by atoms with van der Waals surface area (Å²) < 4.78 is 0. The molecule has 102 valence electrons. The van der Waals surface area contributed by atoms with E-state index < -0.39 is 0 Å². The zero-order valence-electron chi connectivity index (χ0n) is 12.1. The van der Waals surface area contributed by atoms with Crippen molar-refractivity contribution in [1.29, 1.82) is 0 Å². The molecule has 0 unspecified atom stereocenters. The lowest BCUT2D eigenvalue weighted by Crippen LogP contribution is -2.11. The Hall–Kier alpha value is -1.02. The third kappa shape index (κ3) is 5.54. The van der Waals surface area contributed by atoms with Gasteiger partial charge in [-0.25, -0.2) is 0 Å². The van der Waals surface area contributed by atoms with Crippen LogP contribution in [0.15, 0.2) is 24.3 Å². The van der Waals surface area contributed by atoms with Crippen LogP contribution in [0.3, 0.4) is 0 Å². The second-order valence-electron chi connectivity index (χ2n) is 5.96. The van der Waals surface area contributed by atoms with Crippen LogP contribution < -0.4 is 11.1 Å². The zero-order chi connectivity index (χ0) is 13.4. The molecule has 0 aromatic heterocycles. The average Bonchev–Trinajstić information content (AvgIpc) is 2.33. The van der Waals surface area contributed by atoms with Gasteiger partial charge >= 0.3 is 0 Å². The number of anilines is 1. The summed E-state index contributed by atoms with van der Waals surface area (Å²) in [7, 11) is 0. The number of nitrogens with two attached hydrogens (primary N) is 1. The van der Waals surface area contributed by atoms with Crippen molar-refractivity contribution in [3.63, 3.8) is 0 Å². The van der Waals surface area contributed by atoms with Crippen molar-refractivity contribution in [2.45, 2.75) is 51.9 Å². The summed E-state index contributed by atoms with van der Waals surface area (Å²) in [6, 6.07) is 8.80. The Bertz CT molecular complexity index is 322. The third-order valence-electron chi connectivity index (χ3n) is 3.21. The monoisotopic (exact) mass is 248 g/mol. The van der Waals surface area contributed by atoms with Gasteiger partial charge in [0.1, 0.15) is 0 Å². The second-order valence-corrected chi connectivity index (χ2v) is 5.96. The molecule has 18 heavy (non-hydrogen) atoms. The predicted octanol–water partition coefficient (Wildman–Crippen LogP) is 3.92. The number of nitrogens with one attached hydrogen (secondary N) is 1. The molecule has 0 aliphatic rings. The van der Waals surface area contributed by atoms with E-state index in [1.807, 2.05) is 0 Å². The summed E-state index contributed by atoms with van der Waals surface area (Å²) in [5.41, 5.74) is 8.31. The highest BCUT2D eigenvalue weighted by atomic mass is 14.9. The number of benzene rings is 1. The second kappa shape index (κ2) is 7.42. The molecular weight excluding hydrogens is 220 g/mol. The molecule has 0 saturated carbocycles. The smallest absolute Gasteiger partial charge is 0.0340 e. The van der Waals surface area contributed by atoms with Crippen molar-refractivity contribution < 1.29 is 0 Å². The van der Waals surface area contributed by atoms with Gasteiger partial charge in [-0.1, -0.05) is 45.7 Å². The van der Waals surface area contributed by atoms with Gasteiger partial charge in [-0.2, -0.15) is 0 Å². The van der Waals surface area contributed by atoms with Crippen LogP contribution in [0.4, 0.5) is 5.69 Å². The third-order valence-corrected chi connectivity index (χ3v) is 3.21. The van der Waals surface area contributed by atoms with Crippen LogP contribution >= 0.6 is 0 Å². The normalized spacial score (nSPS) is 11.6. The van der Waals surface area contributed by atoms with Crippen molar-refractivity contribution >= 4 is 5.69 Å². The van der Waals surface area contributed by atoms with Crippen molar-refractivity contribution in [1.82, 2.24) is 0 Å². The first-order valence-corrected chi connectivity index (χ1v) is 7.08. The molecule has 0 atom stereocenters. The Balaban J connectivity index is 2.27. The molecule has 3 N–H and O–H groups in total.